The number of piperazine rings is 1. The molecule has 0 saturated carbocycles. The van der Waals surface area contributed by atoms with E-state index in [9.17, 15) is 4.79 Å². The van der Waals surface area contributed by atoms with E-state index in [2.05, 4.69) is 42.3 Å². The van der Waals surface area contributed by atoms with Crippen molar-refractivity contribution in [1.82, 2.24) is 10.2 Å². The lowest BCUT2D eigenvalue weighted by atomic mass is 9.86. The van der Waals surface area contributed by atoms with Gasteiger partial charge in [-0.3, -0.25) is 9.69 Å². The van der Waals surface area contributed by atoms with Crippen LogP contribution in [-0.4, -0.2) is 48.7 Å². The lowest BCUT2D eigenvalue weighted by Gasteiger charge is -2.39. The lowest BCUT2D eigenvalue weighted by molar-refractivity contribution is -0.150. The number of cyclic esters (lactones) is 1. The van der Waals surface area contributed by atoms with Gasteiger partial charge in [-0.15, -0.1) is 0 Å². The fourth-order valence-electron chi connectivity index (χ4n) is 4.28. The first-order valence-electron chi connectivity index (χ1n) is 9.45. The quantitative estimate of drug-likeness (QED) is 0.637. The van der Waals surface area contributed by atoms with Gasteiger partial charge in [0.2, 0.25) is 0 Å². The summed E-state index contributed by atoms with van der Waals surface area (Å²) in [5.41, 5.74) is 1.74. The van der Waals surface area contributed by atoms with E-state index in [4.69, 9.17) is 4.74 Å². The van der Waals surface area contributed by atoms with E-state index in [0.717, 1.165) is 51.9 Å². The van der Waals surface area contributed by atoms with Crippen molar-refractivity contribution in [2.24, 2.45) is 11.8 Å². The summed E-state index contributed by atoms with van der Waals surface area (Å²) in [4.78, 5) is 14.6. The highest BCUT2D eigenvalue weighted by atomic mass is 16.5. The van der Waals surface area contributed by atoms with Crippen LogP contribution < -0.4 is 5.32 Å². The number of carbonyl (C=O) groups excluding carboxylic acids is 1. The predicted molar refractivity (Wildman–Crippen MR) is 96.7 cm³/mol. The van der Waals surface area contributed by atoms with Gasteiger partial charge in [0.15, 0.2) is 0 Å². The van der Waals surface area contributed by atoms with Crippen LogP contribution in [0.25, 0.3) is 0 Å². The Labute approximate surface area is 146 Å². The number of esters is 1. The number of allylic oxidation sites excluding steroid dienone is 2. The van der Waals surface area contributed by atoms with E-state index < -0.39 is 0 Å². The Hall–Kier alpha value is -1.13. The Morgan fingerprint density at radius 2 is 2.21 bits per heavy atom. The molecule has 2 saturated heterocycles. The summed E-state index contributed by atoms with van der Waals surface area (Å²) in [6.07, 6.45) is 10.7. The molecule has 2 aliphatic heterocycles. The fourth-order valence-corrected chi connectivity index (χ4v) is 4.28. The standard InChI is InChI=1S/C20H32N2O2/c1-15-11-17-12-16(5-4-6-18(13-17)19(23)24-15)7-9-22-10-8-21-20(2,3)14-22/h4,6,12,15,17-18,21H,5,7-11,13-14H2,1-3H3. The number of carbonyl (C=O) groups is 1. The molecule has 2 heterocycles. The summed E-state index contributed by atoms with van der Waals surface area (Å²) in [5.74, 6) is 0.378. The molecule has 3 aliphatic rings. The van der Waals surface area contributed by atoms with Crippen LogP contribution in [0.4, 0.5) is 0 Å². The van der Waals surface area contributed by atoms with Gasteiger partial charge in [-0.05, 0) is 52.4 Å². The van der Waals surface area contributed by atoms with E-state index >= 15 is 0 Å². The summed E-state index contributed by atoms with van der Waals surface area (Å²) >= 11 is 0. The van der Waals surface area contributed by atoms with E-state index in [0.29, 0.717) is 5.92 Å². The van der Waals surface area contributed by atoms with Crippen molar-refractivity contribution in [3.05, 3.63) is 23.8 Å². The van der Waals surface area contributed by atoms with Crippen molar-refractivity contribution < 1.29 is 9.53 Å². The zero-order valence-corrected chi connectivity index (χ0v) is 15.4. The van der Waals surface area contributed by atoms with Crippen molar-refractivity contribution in [2.75, 3.05) is 26.2 Å². The van der Waals surface area contributed by atoms with Crippen molar-refractivity contribution in [1.29, 1.82) is 0 Å². The Balaban J connectivity index is 1.61. The molecule has 0 amide bonds. The van der Waals surface area contributed by atoms with Crippen molar-refractivity contribution in [3.63, 3.8) is 0 Å². The summed E-state index contributed by atoms with van der Waals surface area (Å²) in [7, 11) is 0. The van der Waals surface area contributed by atoms with Crippen LogP contribution in [0.15, 0.2) is 23.8 Å². The van der Waals surface area contributed by atoms with Gasteiger partial charge >= 0.3 is 5.97 Å². The topological polar surface area (TPSA) is 41.6 Å². The van der Waals surface area contributed by atoms with Crippen LogP contribution in [0.2, 0.25) is 0 Å². The number of hydrogen-bond donors (Lipinski definition) is 1. The second kappa shape index (κ2) is 7.40. The smallest absolute Gasteiger partial charge is 0.313 e. The molecule has 3 atom stereocenters. The van der Waals surface area contributed by atoms with E-state index in [1.165, 1.54) is 5.57 Å². The van der Waals surface area contributed by atoms with E-state index in [-0.39, 0.29) is 23.5 Å². The average molecular weight is 332 g/mol. The predicted octanol–water partition coefficient (Wildman–Crippen LogP) is 2.90. The van der Waals surface area contributed by atoms with Gasteiger partial charge < -0.3 is 10.1 Å². The minimum atomic E-state index is -0.0493. The van der Waals surface area contributed by atoms with Crippen LogP contribution in [0.5, 0.6) is 0 Å². The Morgan fingerprint density at radius 3 is 3.00 bits per heavy atom. The molecule has 2 bridgehead atoms. The van der Waals surface area contributed by atoms with Crippen LogP contribution in [0.1, 0.15) is 46.5 Å². The Morgan fingerprint density at radius 1 is 1.38 bits per heavy atom. The molecular weight excluding hydrogens is 300 g/mol. The monoisotopic (exact) mass is 332 g/mol. The SMILES string of the molecule is CC1CC2C=C(CCN3CCNC(C)(C)C3)CC=CC(C2)C(=O)O1. The molecule has 0 aromatic heterocycles. The van der Waals surface area contributed by atoms with Gasteiger partial charge in [0, 0.05) is 31.7 Å². The molecule has 0 aromatic rings. The summed E-state index contributed by atoms with van der Waals surface area (Å²) in [6.45, 7) is 11.0. The zero-order valence-electron chi connectivity index (χ0n) is 15.4. The second-order valence-electron chi connectivity index (χ2n) is 8.38. The maximum Gasteiger partial charge on any atom is 0.313 e. The first-order valence-corrected chi connectivity index (χ1v) is 9.45. The van der Waals surface area contributed by atoms with Crippen LogP contribution in [0, 0.1) is 11.8 Å². The maximum atomic E-state index is 12.1. The third-order valence-electron chi connectivity index (χ3n) is 5.43. The van der Waals surface area contributed by atoms with Crippen molar-refractivity contribution >= 4 is 5.97 Å². The third-order valence-corrected chi connectivity index (χ3v) is 5.43. The van der Waals surface area contributed by atoms with Crippen LogP contribution >= 0.6 is 0 Å². The molecule has 0 radical (unpaired) electrons. The minimum Gasteiger partial charge on any atom is -0.462 e. The highest BCUT2D eigenvalue weighted by molar-refractivity contribution is 5.75. The molecule has 1 N–H and O–H groups in total. The third kappa shape index (κ3) is 4.70. The number of nitrogens with one attached hydrogen (secondary N) is 1. The lowest BCUT2D eigenvalue weighted by Crippen LogP contribution is -2.57. The van der Waals surface area contributed by atoms with Gasteiger partial charge in [0.1, 0.15) is 0 Å². The van der Waals surface area contributed by atoms with Crippen LogP contribution in [0.3, 0.4) is 0 Å². The molecular formula is C20H32N2O2. The Kier molecular flexibility index (Phi) is 5.46. The second-order valence-corrected chi connectivity index (χ2v) is 8.38. The molecule has 2 fully saturated rings. The number of rotatable bonds is 3. The zero-order chi connectivity index (χ0) is 17.2. The molecule has 134 valence electrons. The number of hydrogen-bond acceptors (Lipinski definition) is 4. The van der Waals surface area contributed by atoms with Crippen molar-refractivity contribution in [3.8, 4) is 0 Å². The number of ether oxygens (including phenoxy) is 1. The Bertz CT molecular complexity index is 524. The number of nitrogens with zero attached hydrogens (tertiary/aromatic N) is 1. The van der Waals surface area contributed by atoms with Crippen LogP contribution in [-0.2, 0) is 9.53 Å². The summed E-state index contributed by atoms with van der Waals surface area (Å²) in [6, 6.07) is 0. The number of fused-ring (bicyclic) bond motifs is 2. The molecule has 0 aromatic carbocycles. The van der Waals surface area contributed by atoms with Crippen molar-refractivity contribution in [2.45, 2.75) is 58.1 Å². The molecule has 3 unspecified atom stereocenters. The molecule has 1 aliphatic carbocycles. The first kappa shape index (κ1) is 17.7. The van der Waals surface area contributed by atoms with Gasteiger partial charge in [-0.2, -0.15) is 0 Å². The summed E-state index contributed by atoms with van der Waals surface area (Å²) in [5, 5.41) is 3.58. The van der Waals surface area contributed by atoms with Gasteiger partial charge in [-0.1, -0.05) is 23.8 Å². The first-order chi connectivity index (χ1) is 11.4. The molecule has 3 rings (SSSR count). The highest BCUT2D eigenvalue weighted by Crippen LogP contribution is 2.31. The highest BCUT2D eigenvalue weighted by Gasteiger charge is 2.30. The minimum absolute atomic E-state index is 0.0328. The molecule has 4 heteroatoms. The normalized spacial score (nSPS) is 33.9. The van der Waals surface area contributed by atoms with Gasteiger partial charge in [-0.25, -0.2) is 0 Å². The fraction of sp³-hybridized carbons (Fsp3) is 0.750. The summed E-state index contributed by atoms with van der Waals surface area (Å²) < 4.78 is 5.51. The average Bonchev–Trinajstić information content (AvgIpc) is 2.60. The molecule has 4 nitrogen and oxygen atoms in total. The maximum absolute atomic E-state index is 12.1. The van der Waals surface area contributed by atoms with E-state index in [1.54, 1.807) is 0 Å². The molecule has 24 heavy (non-hydrogen) atoms. The van der Waals surface area contributed by atoms with E-state index in [1.807, 2.05) is 6.92 Å². The van der Waals surface area contributed by atoms with Gasteiger partial charge in [0.05, 0.1) is 12.0 Å². The largest absolute Gasteiger partial charge is 0.462 e. The molecule has 0 spiro atoms. The van der Waals surface area contributed by atoms with Gasteiger partial charge in [0.25, 0.3) is 0 Å².